The summed E-state index contributed by atoms with van der Waals surface area (Å²) in [4.78, 5) is 0. The third-order valence-corrected chi connectivity index (χ3v) is 6.09. The van der Waals surface area contributed by atoms with Crippen LogP contribution in [0.2, 0.25) is 0 Å². The predicted octanol–water partition coefficient (Wildman–Crippen LogP) is 6.99. The van der Waals surface area contributed by atoms with Crippen molar-refractivity contribution in [1.29, 1.82) is 0 Å². The first kappa shape index (κ1) is 21.8. The van der Waals surface area contributed by atoms with Gasteiger partial charge in [0.2, 0.25) is 0 Å². The third-order valence-electron chi connectivity index (χ3n) is 6.09. The average molecular weight is 438 g/mol. The summed E-state index contributed by atoms with van der Waals surface area (Å²) >= 11 is 0. The number of fused-ring (bicyclic) bond motifs is 1. The zero-order chi connectivity index (χ0) is 22.2. The average Bonchev–Trinajstić information content (AvgIpc) is 2.73. The molecule has 1 aliphatic heterocycles. The van der Waals surface area contributed by atoms with E-state index in [-0.39, 0.29) is 5.39 Å². The lowest BCUT2D eigenvalue weighted by atomic mass is 9.79. The summed E-state index contributed by atoms with van der Waals surface area (Å²) in [7, 11) is 0. The zero-order valence-corrected chi connectivity index (χ0v) is 16.5. The second-order valence-corrected chi connectivity index (χ2v) is 8.10. The largest absolute Gasteiger partial charge is 0.458 e. The van der Waals surface area contributed by atoms with Crippen LogP contribution in [-0.2, 0) is 4.74 Å². The van der Waals surface area contributed by atoms with Crippen molar-refractivity contribution in [2.45, 2.75) is 44.4 Å². The SMILES string of the molecule is Fc1cc2cc(C3CCC(C4CC=CCC4)CO3)cc(F)c2c(F)c1C#CC(F)(F)F. The Morgan fingerprint density at radius 2 is 1.71 bits per heavy atom. The van der Waals surface area contributed by atoms with E-state index in [0.717, 1.165) is 43.7 Å². The van der Waals surface area contributed by atoms with Crippen LogP contribution in [0.25, 0.3) is 10.8 Å². The molecule has 1 saturated heterocycles. The van der Waals surface area contributed by atoms with Crippen LogP contribution < -0.4 is 0 Å². The minimum Gasteiger partial charge on any atom is -0.373 e. The monoisotopic (exact) mass is 438 g/mol. The fourth-order valence-electron chi connectivity index (χ4n) is 4.52. The molecule has 31 heavy (non-hydrogen) atoms. The summed E-state index contributed by atoms with van der Waals surface area (Å²) in [6.45, 7) is 0.539. The standard InChI is InChI=1S/C24H20F6O/c25-19-12-17-10-16(21-7-6-15(13-31-21)14-4-2-1-3-5-14)11-20(26)22(17)23(27)18(19)8-9-24(28,29)30/h1-2,10-12,14-15,21H,3-7,13H2. The molecule has 1 fully saturated rings. The molecule has 2 aromatic carbocycles. The van der Waals surface area contributed by atoms with Crippen LogP contribution in [0.1, 0.15) is 49.3 Å². The van der Waals surface area contributed by atoms with Crippen LogP contribution in [0.5, 0.6) is 0 Å². The Labute approximate surface area is 176 Å². The van der Waals surface area contributed by atoms with Crippen molar-refractivity contribution >= 4 is 10.8 Å². The second-order valence-electron chi connectivity index (χ2n) is 8.10. The lowest BCUT2D eigenvalue weighted by Gasteiger charge is -2.35. The first-order valence-electron chi connectivity index (χ1n) is 10.2. The highest BCUT2D eigenvalue weighted by molar-refractivity contribution is 5.86. The van der Waals surface area contributed by atoms with Crippen molar-refractivity contribution in [3.8, 4) is 11.8 Å². The van der Waals surface area contributed by atoms with E-state index in [0.29, 0.717) is 30.4 Å². The number of hydrogen-bond donors (Lipinski definition) is 0. The Hall–Kier alpha value is -2.46. The summed E-state index contributed by atoms with van der Waals surface area (Å²) < 4.78 is 86.4. The van der Waals surface area contributed by atoms with Crippen LogP contribution >= 0.6 is 0 Å². The molecule has 0 bridgehead atoms. The van der Waals surface area contributed by atoms with Crippen LogP contribution in [0.3, 0.4) is 0 Å². The van der Waals surface area contributed by atoms with Gasteiger partial charge >= 0.3 is 6.18 Å². The molecule has 0 saturated carbocycles. The summed E-state index contributed by atoms with van der Waals surface area (Å²) in [6, 6.07) is 3.35. The van der Waals surface area contributed by atoms with Crippen molar-refractivity contribution in [1.82, 2.24) is 0 Å². The maximum absolute atomic E-state index is 14.7. The van der Waals surface area contributed by atoms with E-state index in [9.17, 15) is 26.3 Å². The van der Waals surface area contributed by atoms with Gasteiger partial charge in [-0.05, 0) is 73.1 Å². The summed E-state index contributed by atoms with van der Waals surface area (Å²) in [6.07, 6.45) is 3.85. The number of alkyl halides is 3. The maximum Gasteiger partial charge on any atom is 0.458 e. The van der Waals surface area contributed by atoms with E-state index in [1.165, 1.54) is 12.0 Å². The Bertz CT molecular complexity index is 1070. The van der Waals surface area contributed by atoms with Gasteiger partial charge in [-0.25, -0.2) is 13.2 Å². The Morgan fingerprint density at radius 3 is 2.35 bits per heavy atom. The number of rotatable bonds is 2. The van der Waals surface area contributed by atoms with Gasteiger partial charge in [0, 0.05) is 5.92 Å². The molecule has 4 rings (SSSR count). The number of hydrogen-bond acceptors (Lipinski definition) is 1. The number of ether oxygens (including phenoxy) is 1. The van der Waals surface area contributed by atoms with Gasteiger partial charge in [0.05, 0.1) is 23.7 Å². The van der Waals surface area contributed by atoms with Crippen LogP contribution in [0.15, 0.2) is 30.4 Å². The maximum atomic E-state index is 14.7. The van der Waals surface area contributed by atoms with Gasteiger partial charge in [-0.3, -0.25) is 0 Å². The minimum absolute atomic E-state index is 0.0781. The Balaban J connectivity index is 1.59. The molecular formula is C24H20F6O. The number of benzene rings is 2. The molecule has 0 amide bonds. The lowest BCUT2D eigenvalue weighted by molar-refractivity contribution is -0.0696. The fourth-order valence-corrected chi connectivity index (χ4v) is 4.52. The molecule has 1 aliphatic carbocycles. The van der Waals surface area contributed by atoms with E-state index in [2.05, 4.69) is 12.2 Å². The third kappa shape index (κ3) is 4.74. The zero-order valence-electron chi connectivity index (χ0n) is 16.5. The summed E-state index contributed by atoms with van der Waals surface area (Å²) in [5.74, 6) is -0.442. The minimum atomic E-state index is -4.92. The van der Waals surface area contributed by atoms with E-state index < -0.39 is 40.7 Å². The molecule has 2 aromatic rings. The first-order chi connectivity index (χ1) is 14.7. The van der Waals surface area contributed by atoms with E-state index in [4.69, 9.17) is 4.74 Å². The summed E-state index contributed by atoms with van der Waals surface area (Å²) in [5.41, 5.74) is -0.644. The quantitative estimate of drug-likeness (QED) is 0.279. The van der Waals surface area contributed by atoms with Crippen LogP contribution in [0, 0.1) is 41.1 Å². The molecule has 0 N–H and O–H groups in total. The Kier molecular flexibility index (Phi) is 6.02. The van der Waals surface area contributed by atoms with Crippen molar-refractivity contribution < 1.29 is 31.1 Å². The smallest absolute Gasteiger partial charge is 0.373 e. The van der Waals surface area contributed by atoms with Crippen molar-refractivity contribution in [3.63, 3.8) is 0 Å². The predicted molar refractivity (Wildman–Crippen MR) is 105 cm³/mol. The molecule has 164 valence electrons. The summed E-state index contributed by atoms with van der Waals surface area (Å²) in [5, 5.41) is -0.662. The molecule has 0 radical (unpaired) electrons. The molecule has 7 heteroatoms. The highest BCUT2D eigenvalue weighted by Crippen LogP contribution is 2.39. The molecule has 0 spiro atoms. The van der Waals surface area contributed by atoms with E-state index >= 15 is 0 Å². The van der Waals surface area contributed by atoms with E-state index in [1.807, 2.05) is 0 Å². The number of allylic oxidation sites excluding steroid dienone is 2. The first-order valence-corrected chi connectivity index (χ1v) is 10.2. The van der Waals surface area contributed by atoms with Gasteiger partial charge in [-0.15, -0.1) is 0 Å². The molecule has 3 unspecified atom stereocenters. The molecule has 0 aromatic heterocycles. The molecular weight excluding hydrogens is 418 g/mol. The van der Waals surface area contributed by atoms with Gasteiger partial charge in [-0.2, -0.15) is 13.2 Å². The number of halogens is 6. The van der Waals surface area contributed by atoms with Gasteiger partial charge in [0.25, 0.3) is 0 Å². The van der Waals surface area contributed by atoms with Gasteiger partial charge < -0.3 is 4.74 Å². The normalized spacial score (nSPS) is 24.1. The van der Waals surface area contributed by atoms with E-state index in [1.54, 1.807) is 0 Å². The van der Waals surface area contributed by atoms with Crippen molar-refractivity contribution in [2.75, 3.05) is 6.61 Å². The highest BCUT2D eigenvalue weighted by atomic mass is 19.4. The molecule has 3 atom stereocenters. The highest BCUT2D eigenvalue weighted by Gasteiger charge is 2.30. The van der Waals surface area contributed by atoms with Gasteiger partial charge in [-0.1, -0.05) is 18.1 Å². The molecule has 1 heterocycles. The van der Waals surface area contributed by atoms with Gasteiger partial charge in [0.15, 0.2) is 5.82 Å². The van der Waals surface area contributed by atoms with Crippen molar-refractivity contribution in [3.05, 3.63) is 58.9 Å². The molecule has 2 aliphatic rings. The topological polar surface area (TPSA) is 9.23 Å². The fraction of sp³-hybridized carbons (Fsp3) is 0.417. The van der Waals surface area contributed by atoms with Crippen LogP contribution in [-0.4, -0.2) is 12.8 Å². The lowest BCUT2D eigenvalue weighted by Crippen LogP contribution is -2.27. The van der Waals surface area contributed by atoms with Crippen molar-refractivity contribution in [2.24, 2.45) is 11.8 Å². The Morgan fingerprint density at radius 1 is 0.903 bits per heavy atom. The second kappa shape index (κ2) is 8.58. The van der Waals surface area contributed by atoms with Crippen LogP contribution in [0.4, 0.5) is 26.3 Å². The van der Waals surface area contributed by atoms with Gasteiger partial charge in [0.1, 0.15) is 11.6 Å². The molecule has 1 nitrogen and oxygen atoms in total.